The molecule has 1 N–H and O–H groups in total. The zero-order valence-electron chi connectivity index (χ0n) is 15.1. The number of alkyl halides is 3. The molecule has 146 valence electrons. The van der Waals surface area contributed by atoms with E-state index in [9.17, 15) is 18.3 Å². The van der Waals surface area contributed by atoms with Crippen LogP contribution in [0.1, 0.15) is 18.6 Å². The number of aliphatic hydroxyl groups excluding tert-OH is 1. The van der Waals surface area contributed by atoms with Gasteiger partial charge in [-0.2, -0.15) is 13.2 Å². The molecule has 0 bridgehead atoms. The standard InChI is InChI=1S/C19H17F3N4O2/c1-11(23-2)10-26(3)16-9-14(8-15-17(16)25-28-24-15)12-5-4-6-13(7-12)18(27)19(20,21)22/h4-10,18,27H,2H2,1,3H3/b11-10-. The first kappa shape index (κ1) is 19.6. The topological polar surface area (TPSA) is 74.8 Å². The largest absolute Gasteiger partial charge is 0.418 e. The lowest BCUT2D eigenvalue weighted by Crippen LogP contribution is -2.20. The van der Waals surface area contributed by atoms with Crippen molar-refractivity contribution in [1.29, 1.82) is 0 Å². The molecule has 0 aliphatic carbocycles. The number of anilines is 1. The predicted molar refractivity (Wildman–Crippen MR) is 100.0 cm³/mol. The van der Waals surface area contributed by atoms with E-state index in [0.717, 1.165) is 0 Å². The molecule has 0 spiro atoms. The molecule has 1 atom stereocenters. The summed E-state index contributed by atoms with van der Waals surface area (Å²) in [6.45, 7) is 5.24. The van der Waals surface area contributed by atoms with E-state index >= 15 is 0 Å². The Morgan fingerprint density at radius 3 is 2.68 bits per heavy atom. The van der Waals surface area contributed by atoms with Crippen molar-refractivity contribution in [2.45, 2.75) is 19.2 Å². The Morgan fingerprint density at radius 2 is 2.00 bits per heavy atom. The van der Waals surface area contributed by atoms with Crippen LogP contribution in [0, 0.1) is 0 Å². The fourth-order valence-electron chi connectivity index (χ4n) is 2.78. The van der Waals surface area contributed by atoms with E-state index in [0.29, 0.717) is 33.5 Å². The third-order valence-corrected chi connectivity index (χ3v) is 4.20. The van der Waals surface area contributed by atoms with Crippen LogP contribution in [0.2, 0.25) is 0 Å². The molecule has 0 fully saturated rings. The summed E-state index contributed by atoms with van der Waals surface area (Å²) in [5, 5.41) is 17.3. The second-order valence-corrected chi connectivity index (χ2v) is 6.24. The summed E-state index contributed by atoms with van der Waals surface area (Å²) in [5.74, 6) is 0. The van der Waals surface area contributed by atoms with Crippen molar-refractivity contribution in [3.05, 3.63) is 53.9 Å². The highest BCUT2D eigenvalue weighted by Crippen LogP contribution is 2.36. The molecule has 1 heterocycles. The number of aromatic nitrogens is 2. The molecule has 3 rings (SSSR count). The zero-order valence-corrected chi connectivity index (χ0v) is 15.1. The third-order valence-electron chi connectivity index (χ3n) is 4.20. The summed E-state index contributed by atoms with van der Waals surface area (Å²) in [6.07, 6.45) is -5.58. The van der Waals surface area contributed by atoms with E-state index in [-0.39, 0.29) is 5.56 Å². The van der Waals surface area contributed by atoms with Crippen molar-refractivity contribution in [2.75, 3.05) is 11.9 Å². The summed E-state index contributed by atoms with van der Waals surface area (Å²) in [4.78, 5) is 5.58. The highest BCUT2D eigenvalue weighted by atomic mass is 19.4. The van der Waals surface area contributed by atoms with Gasteiger partial charge in [0.2, 0.25) is 0 Å². The van der Waals surface area contributed by atoms with Crippen molar-refractivity contribution in [3.8, 4) is 11.1 Å². The lowest BCUT2D eigenvalue weighted by molar-refractivity contribution is -0.206. The second kappa shape index (κ2) is 7.43. The molecule has 6 nitrogen and oxygen atoms in total. The zero-order chi connectivity index (χ0) is 20.5. The van der Waals surface area contributed by atoms with Gasteiger partial charge in [-0.3, -0.25) is 4.99 Å². The Morgan fingerprint density at radius 1 is 1.25 bits per heavy atom. The Bertz CT molecular complexity index is 1040. The number of nitrogens with zero attached hydrogens (tertiary/aromatic N) is 4. The first-order valence-electron chi connectivity index (χ1n) is 8.20. The van der Waals surface area contributed by atoms with E-state index < -0.39 is 12.3 Å². The van der Waals surface area contributed by atoms with Crippen LogP contribution in [0.3, 0.4) is 0 Å². The third kappa shape index (κ3) is 3.89. The maximum Gasteiger partial charge on any atom is 0.418 e. The van der Waals surface area contributed by atoms with Gasteiger partial charge in [-0.1, -0.05) is 18.2 Å². The highest BCUT2D eigenvalue weighted by Gasteiger charge is 2.39. The van der Waals surface area contributed by atoms with Gasteiger partial charge in [0.25, 0.3) is 0 Å². The van der Waals surface area contributed by atoms with Gasteiger partial charge in [-0.15, -0.1) is 0 Å². The summed E-state index contributed by atoms with van der Waals surface area (Å²) in [5.41, 5.74) is 3.06. The van der Waals surface area contributed by atoms with Crippen LogP contribution < -0.4 is 4.90 Å². The van der Waals surface area contributed by atoms with E-state index in [1.807, 2.05) is 0 Å². The number of rotatable bonds is 5. The van der Waals surface area contributed by atoms with Gasteiger partial charge in [0.1, 0.15) is 5.52 Å². The number of hydrogen-bond donors (Lipinski definition) is 1. The molecule has 0 aliphatic rings. The number of aliphatic imine (C=N–C) groups is 1. The van der Waals surface area contributed by atoms with Crippen molar-refractivity contribution < 1.29 is 22.9 Å². The number of fused-ring (bicyclic) bond motifs is 1. The molecule has 0 radical (unpaired) electrons. The van der Waals surface area contributed by atoms with Gasteiger partial charge in [-0.25, -0.2) is 4.63 Å². The number of hydrogen-bond acceptors (Lipinski definition) is 6. The van der Waals surface area contributed by atoms with Gasteiger partial charge in [0.15, 0.2) is 11.6 Å². The first-order valence-corrected chi connectivity index (χ1v) is 8.20. The van der Waals surface area contributed by atoms with Gasteiger partial charge in [0, 0.05) is 13.2 Å². The van der Waals surface area contributed by atoms with Crippen molar-refractivity contribution in [2.24, 2.45) is 4.99 Å². The number of benzene rings is 2. The summed E-state index contributed by atoms with van der Waals surface area (Å²) in [6, 6.07) is 9.04. The minimum absolute atomic E-state index is 0.245. The molecule has 1 unspecified atom stereocenters. The number of halogens is 3. The van der Waals surface area contributed by atoms with E-state index in [4.69, 9.17) is 4.63 Å². The molecule has 0 amide bonds. The molecule has 0 saturated heterocycles. The average Bonchev–Trinajstić information content (AvgIpc) is 3.14. The maximum absolute atomic E-state index is 12.9. The van der Waals surface area contributed by atoms with Crippen molar-refractivity contribution in [1.82, 2.24) is 10.3 Å². The van der Waals surface area contributed by atoms with Crippen LogP contribution in [-0.4, -0.2) is 35.4 Å². The summed E-state index contributed by atoms with van der Waals surface area (Å²) >= 11 is 0. The Kier molecular flexibility index (Phi) is 5.19. The Balaban J connectivity index is 2.11. The van der Waals surface area contributed by atoms with Gasteiger partial charge < -0.3 is 10.0 Å². The fourth-order valence-corrected chi connectivity index (χ4v) is 2.78. The first-order chi connectivity index (χ1) is 13.2. The van der Waals surface area contributed by atoms with Gasteiger partial charge >= 0.3 is 6.18 Å². The van der Waals surface area contributed by atoms with Crippen LogP contribution >= 0.6 is 0 Å². The summed E-state index contributed by atoms with van der Waals surface area (Å²) < 4.78 is 43.4. The van der Waals surface area contributed by atoms with Crippen LogP contribution in [0.25, 0.3) is 22.2 Å². The average molecular weight is 390 g/mol. The van der Waals surface area contributed by atoms with E-state index in [1.54, 1.807) is 43.3 Å². The Hall–Kier alpha value is -3.20. The minimum Gasteiger partial charge on any atom is -0.379 e. The van der Waals surface area contributed by atoms with E-state index in [2.05, 4.69) is 22.0 Å². The smallest absolute Gasteiger partial charge is 0.379 e. The monoisotopic (exact) mass is 390 g/mol. The Labute approximate surface area is 158 Å². The predicted octanol–water partition coefficient (Wildman–Crippen LogP) is 4.48. The molecule has 1 aromatic heterocycles. The number of allylic oxidation sites excluding steroid dienone is 1. The minimum atomic E-state index is -4.75. The molecule has 2 aromatic carbocycles. The lowest BCUT2D eigenvalue weighted by atomic mass is 9.99. The normalized spacial score (nSPS) is 13.6. The molecular weight excluding hydrogens is 373 g/mol. The maximum atomic E-state index is 12.9. The summed E-state index contributed by atoms with van der Waals surface area (Å²) in [7, 11) is 1.77. The lowest BCUT2D eigenvalue weighted by Gasteiger charge is -2.17. The van der Waals surface area contributed by atoms with Crippen LogP contribution in [0.15, 0.2) is 57.9 Å². The van der Waals surface area contributed by atoms with Crippen molar-refractivity contribution in [3.63, 3.8) is 0 Å². The van der Waals surface area contributed by atoms with E-state index in [1.165, 1.54) is 18.2 Å². The quantitative estimate of drug-likeness (QED) is 0.650. The number of aliphatic hydroxyl groups is 1. The SMILES string of the molecule is C=N/C(C)=C\N(C)c1cc(-c2cccc(C(O)C(F)(F)F)c2)cc2nonc12. The molecular formula is C19H17F3N4O2. The molecule has 0 aliphatic heterocycles. The highest BCUT2D eigenvalue weighted by molar-refractivity contribution is 5.93. The van der Waals surface area contributed by atoms with Crippen LogP contribution in [0.5, 0.6) is 0 Å². The molecule has 28 heavy (non-hydrogen) atoms. The molecule has 3 aromatic rings. The van der Waals surface area contributed by atoms with Crippen LogP contribution in [0.4, 0.5) is 18.9 Å². The molecule has 0 saturated carbocycles. The fraction of sp³-hybridized carbons (Fsp3) is 0.211. The van der Waals surface area contributed by atoms with Gasteiger partial charge in [0.05, 0.1) is 11.4 Å². The van der Waals surface area contributed by atoms with Crippen molar-refractivity contribution >= 4 is 23.4 Å². The molecule has 9 heteroatoms. The van der Waals surface area contributed by atoms with Crippen LogP contribution in [-0.2, 0) is 0 Å². The van der Waals surface area contributed by atoms with Gasteiger partial charge in [-0.05, 0) is 58.8 Å². The second-order valence-electron chi connectivity index (χ2n) is 6.24.